The van der Waals surface area contributed by atoms with E-state index < -0.39 is 11.6 Å². The van der Waals surface area contributed by atoms with E-state index in [-0.39, 0.29) is 11.3 Å². The van der Waals surface area contributed by atoms with Crippen molar-refractivity contribution in [3.05, 3.63) is 95.3 Å². The summed E-state index contributed by atoms with van der Waals surface area (Å²) < 4.78 is 30.0. The molecule has 0 saturated carbocycles. The predicted octanol–water partition coefficient (Wildman–Crippen LogP) is 5.30. The average molecular weight is 383 g/mol. The van der Waals surface area contributed by atoms with Gasteiger partial charge in [-0.15, -0.1) is 10.2 Å². The normalized spacial score (nSPS) is 10.3. The molecule has 0 bridgehead atoms. The number of aromatic nitrogens is 3. The summed E-state index contributed by atoms with van der Waals surface area (Å²) in [4.78, 5) is 3.13. The largest absolute Gasteiger partial charge is 0.275 e. The Morgan fingerprint density at radius 3 is 2.03 bits per heavy atom. The van der Waals surface area contributed by atoms with Crippen LogP contribution in [0.5, 0.6) is 0 Å². The number of nitriles is 1. The van der Waals surface area contributed by atoms with E-state index in [1.54, 1.807) is 22.8 Å². The van der Waals surface area contributed by atoms with Crippen LogP contribution in [0, 0.1) is 29.5 Å². The van der Waals surface area contributed by atoms with Crippen molar-refractivity contribution in [2.75, 3.05) is 0 Å². The van der Waals surface area contributed by atoms with Gasteiger partial charge in [0.2, 0.25) is 5.69 Å². The number of para-hydroxylation sites is 1. The third kappa shape index (κ3) is 3.22. The minimum Gasteiger partial charge on any atom is -0.275 e. The fraction of sp³-hybridized carbons (Fsp3) is 0. The van der Waals surface area contributed by atoms with E-state index in [9.17, 15) is 8.78 Å². The third-order valence-corrected chi connectivity index (χ3v) is 4.35. The van der Waals surface area contributed by atoms with Crippen LogP contribution in [-0.4, -0.2) is 14.8 Å². The van der Waals surface area contributed by atoms with Gasteiger partial charge in [-0.05, 0) is 36.4 Å². The quantitative estimate of drug-likeness (QED) is 0.451. The van der Waals surface area contributed by atoms with Gasteiger partial charge in [-0.3, -0.25) is 4.57 Å². The summed E-state index contributed by atoms with van der Waals surface area (Å²) in [5, 5.41) is 17.3. The molecule has 7 heteroatoms. The Hall–Kier alpha value is -4.36. The first-order chi connectivity index (χ1) is 14.1. The van der Waals surface area contributed by atoms with Gasteiger partial charge < -0.3 is 0 Å². The van der Waals surface area contributed by atoms with Crippen LogP contribution in [0.2, 0.25) is 0 Å². The molecule has 5 nitrogen and oxygen atoms in total. The van der Waals surface area contributed by atoms with Gasteiger partial charge in [0.05, 0.1) is 12.1 Å². The Labute approximate surface area is 164 Å². The molecule has 3 aromatic carbocycles. The molecule has 0 radical (unpaired) electrons. The Bertz CT molecular complexity index is 1220. The number of rotatable bonds is 3. The van der Waals surface area contributed by atoms with Gasteiger partial charge >= 0.3 is 0 Å². The van der Waals surface area contributed by atoms with E-state index in [1.165, 1.54) is 24.3 Å². The van der Waals surface area contributed by atoms with Gasteiger partial charge in [-0.1, -0.05) is 30.3 Å². The Balaban J connectivity index is 1.95. The van der Waals surface area contributed by atoms with Crippen LogP contribution >= 0.6 is 0 Å². The van der Waals surface area contributed by atoms with Crippen molar-refractivity contribution in [3.8, 4) is 34.5 Å². The lowest BCUT2D eigenvalue weighted by Crippen LogP contribution is -2.01. The maximum absolute atomic E-state index is 14.2. The molecule has 1 aromatic heterocycles. The maximum Gasteiger partial charge on any atom is 0.222 e. The first-order valence-corrected chi connectivity index (χ1v) is 8.50. The van der Waals surface area contributed by atoms with Crippen molar-refractivity contribution in [2.45, 2.75) is 0 Å². The second-order valence-electron chi connectivity index (χ2n) is 6.10. The smallest absolute Gasteiger partial charge is 0.222 e. The Morgan fingerprint density at radius 2 is 1.48 bits per heavy atom. The summed E-state index contributed by atoms with van der Waals surface area (Å²) in [7, 11) is 0. The van der Waals surface area contributed by atoms with Crippen LogP contribution in [0.15, 0.2) is 66.7 Å². The highest BCUT2D eigenvalue weighted by molar-refractivity contribution is 5.68. The first-order valence-electron chi connectivity index (χ1n) is 8.50. The van der Waals surface area contributed by atoms with Crippen molar-refractivity contribution < 1.29 is 8.78 Å². The summed E-state index contributed by atoms with van der Waals surface area (Å²) in [6.07, 6.45) is 0. The van der Waals surface area contributed by atoms with Gasteiger partial charge in [0.1, 0.15) is 17.7 Å². The molecule has 0 aliphatic carbocycles. The van der Waals surface area contributed by atoms with Gasteiger partial charge in [-0.25, -0.2) is 13.6 Å². The predicted molar refractivity (Wildman–Crippen MR) is 103 cm³/mol. The SMILES string of the molecule is [C-]#[N+]c1ccc(-c2nnc(-c3ccc(C#N)c(F)c3)n2-c2ccccc2)cc1F. The molecule has 0 atom stereocenters. The molecule has 0 fully saturated rings. The summed E-state index contributed by atoms with van der Waals surface area (Å²) in [6, 6.07) is 19.3. The summed E-state index contributed by atoms with van der Waals surface area (Å²) >= 11 is 0. The van der Waals surface area contributed by atoms with Gasteiger partial charge in [0.25, 0.3) is 0 Å². The number of nitrogens with zero attached hydrogens (tertiary/aromatic N) is 5. The molecule has 29 heavy (non-hydrogen) atoms. The summed E-state index contributed by atoms with van der Waals surface area (Å²) in [5.74, 6) is -0.650. The molecule has 4 rings (SSSR count). The third-order valence-electron chi connectivity index (χ3n) is 4.35. The average Bonchev–Trinajstić information content (AvgIpc) is 3.19. The van der Waals surface area contributed by atoms with Crippen molar-refractivity contribution in [1.29, 1.82) is 5.26 Å². The van der Waals surface area contributed by atoms with Crippen LogP contribution in [0.25, 0.3) is 33.3 Å². The molecular weight excluding hydrogens is 372 g/mol. The standard InChI is InChI=1S/C22H11F2N5/c1-26-20-10-9-15(12-19(20)24)22-28-27-21(29(22)17-5-3-2-4-6-17)14-7-8-16(13-25)18(23)11-14/h2-12H. The van der Waals surface area contributed by atoms with E-state index >= 15 is 0 Å². The van der Waals surface area contributed by atoms with Crippen LogP contribution in [0.4, 0.5) is 14.5 Å². The van der Waals surface area contributed by atoms with Crippen molar-refractivity contribution >= 4 is 5.69 Å². The van der Waals surface area contributed by atoms with Crippen LogP contribution < -0.4 is 0 Å². The maximum atomic E-state index is 14.2. The Morgan fingerprint density at radius 1 is 0.862 bits per heavy atom. The number of hydrogen-bond donors (Lipinski definition) is 0. The van der Waals surface area contributed by atoms with E-state index in [0.29, 0.717) is 28.5 Å². The first kappa shape index (κ1) is 18.0. The lowest BCUT2D eigenvalue weighted by molar-refractivity contribution is 0.624. The second-order valence-corrected chi connectivity index (χ2v) is 6.10. The highest BCUT2D eigenvalue weighted by Gasteiger charge is 2.19. The molecule has 1 heterocycles. The molecule has 4 aromatic rings. The highest BCUT2D eigenvalue weighted by Crippen LogP contribution is 2.31. The van der Waals surface area contributed by atoms with Crippen LogP contribution in [-0.2, 0) is 0 Å². The van der Waals surface area contributed by atoms with Crippen molar-refractivity contribution in [2.24, 2.45) is 0 Å². The molecule has 0 aliphatic rings. The summed E-state index contributed by atoms with van der Waals surface area (Å²) in [6.45, 7) is 7.00. The van der Waals surface area contributed by atoms with E-state index in [4.69, 9.17) is 11.8 Å². The lowest BCUT2D eigenvalue weighted by Gasteiger charge is -2.11. The zero-order valence-corrected chi connectivity index (χ0v) is 14.8. The topological polar surface area (TPSA) is 58.9 Å². The number of benzene rings is 3. The van der Waals surface area contributed by atoms with Crippen LogP contribution in [0.1, 0.15) is 5.56 Å². The van der Waals surface area contributed by atoms with E-state index in [1.807, 2.05) is 30.3 Å². The van der Waals surface area contributed by atoms with E-state index in [2.05, 4.69) is 15.0 Å². The van der Waals surface area contributed by atoms with Crippen LogP contribution in [0.3, 0.4) is 0 Å². The highest BCUT2D eigenvalue weighted by atomic mass is 19.1. The number of hydrogen-bond acceptors (Lipinski definition) is 3. The molecule has 138 valence electrons. The van der Waals surface area contributed by atoms with Crippen molar-refractivity contribution in [3.63, 3.8) is 0 Å². The monoisotopic (exact) mass is 383 g/mol. The second kappa shape index (κ2) is 7.34. The van der Waals surface area contributed by atoms with Gasteiger partial charge in [-0.2, -0.15) is 5.26 Å². The fourth-order valence-electron chi connectivity index (χ4n) is 2.96. The molecule has 0 unspecified atom stereocenters. The zero-order chi connectivity index (χ0) is 20.4. The van der Waals surface area contributed by atoms with E-state index in [0.717, 1.165) is 0 Å². The van der Waals surface area contributed by atoms with Gasteiger partial charge in [0.15, 0.2) is 11.6 Å². The molecule has 0 saturated heterocycles. The molecule has 0 N–H and O–H groups in total. The lowest BCUT2D eigenvalue weighted by atomic mass is 10.1. The molecule has 0 spiro atoms. The fourth-order valence-corrected chi connectivity index (χ4v) is 2.96. The molecule has 0 amide bonds. The minimum absolute atomic E-state index is 0.0726. The Kier molecular flexibility index (Phi) is 4.56. The van der Waals surface area contributed by atoms with Crippen molar-refractivity contribution in [1.82, 2.24) is 14.8 Å². The van der Waals surface area contributed by atoms with Gasteiger partial charge in [0, 0.05) is 16.8 Å². The molecule has 0 aliphatic heterocycles. The zero-order valence-electron chi connectivity index (χ0n) is 14.8. The number of halogens is 2. The molecular formula is C22H11F2N5. The summed E-state index contributed by atoms with van der Waals surface area (Å²) in [5.41, 5.74) is 1.38. The minimum atomic E-state index is -0.665.